The number of aryl methyl sites for hydroxylation is 1. The van der Waals surface area contributed by atoms with E-state index in [4.69, 9.17) is 0 Å². The number of nitrogens with zero attached hydrogens (tertiary/aromatic N) is 6. The number of hydrogen-bond acceptors (Lipinski definition) is 6. The molecule has 20 heavy (non-hydrogen) atoms. The molecule has 1 N–H and O–H groups in total. The molecule has 0 amide bonds. The van der Waals surface area contributed by atoms with Gasteiger partial charge in [-0.15, -0.1) is 5.10 Å². The zero-order valence-electron chi connectivity index (χ0n) is 11.6. The van der Waals surface area contributed by atoms with Crippen LogP contribution < -0.4 is 5.32 Å². The van der Waals surface area contributed by atoms with Gasteiger partial charge in [0.25, 0.3) is 0 Å². The molecule has 1 fully saturated rings. The van der Waals surface area contributed by atoms with Crippen LogP contribution in [0.2, 0.25) is 0 Å². The second-order valence-electron chi connectivity index (χ2n) is 5.17. The van der Waals surface area contributed by atoms with Crippen molar-refractivity contribution in [2.24, 2.45) is 7.05 Å². The van der Waals surface area contributed by atoms with E-state index in [2.05, 4.69) is 30.5 Å². The summed E-state index contributed by atoms with van der Waals surface area (Å²) in [6.07, 6.45) is 7.55. The molecule has 0 bridgehead atoms. The first-order chi connectivity index (χ1) is 9.79. The molecule has 0 unspecified atom stereocenters. The fraction of sp³-hybridized carbons (Fsp3) is 0.538. The Kier molecular flexibility index (Phi) is 3.87. The van der Waals surface area contributed by atoms with Crippen molar-refractivity contribution in [3.63, 3.8) is 0 Å². The quantitative estimate of drug-likeness (QED) is 0.883. The summed E-state index contributed by atoms with van der Waals surface area (Å²) in [7, 11) is 1.90. The molecular weight excluding hydrogens is 254 g/mol. The van der Waals surface area contributed by atoms with Crippen LogP contribution in [0.15, 0.2) is 24.8 Å². The maximum Gasteiger partial charge on any atom is 0.129 e. The summed E-state index contributed by atoms with van der Waals surface area (Å²) >= 11 is 0. The summed E-state index contributed by atoms with van der Waals surface area (Å²) in [5.41, 5.74) is 1.04. The Labute approximate surface area is 118 Å². The lowest BCUT2D eigenvalue weighted by atomic mass is 10.0. The second kappa shape index (κ2) is 5.96. The maximum atomic E-state index is 4.21. The molecule has 7 nitrogen and oxygen atoms in total. The van der Waals surface area contributed by atoms with Crippen molar-refractivity contribution >= 4 is 5.82 Å². The van der Waals surface area contributed by atoms with Gasteiger partial charge in [-0.05, 0) is 18.9 Å². The van der Waals surface area contributed by atoms with Crippen LogP contribution in [0.1, 0.15) is 18.5 Å². The first-order valence-corrected chi connectivity index (χ1v) is 6.90. The normalized spacial score (nSPS) is 17.2. The maximum absolute atomic E-state index is 4.21. The van der Waals surface area contributed by atoms with Gasteiger partial charge < -0.3 is 5.32 Å². The molecule has 0 atom stereocenters. The highest BCUT2D eigenvalue weighted by Crippen LogP contribution is 2.16. The molecule has 1 aliphatic heterocycles. The Morgan fingerprint density at radius 2 is 2.20 bits per heavy atom. The Morgan fingerprint density at radius 3 is 2.85 bits per heavy atom. The number of anilines is 1. The van der Waals surface area contributed by atoms with E-state index in [0.717, 1.165) is 44.0 Å². The lowest BCUT2D eigenvalue weighted by Crippen LogP contribution is -2.38. The summed E-state index contributed by atoms with van der Waals surface area (Å²) in [4.78, 5) is 10.5. The highest BCUT2D eigenvalue weighted by atomic mass is 15.4. The van der Waals surface area contributed by atoms with E-state index in [9.17, 15) is 0 Å². The summed E-state index contributed by atoms with van der Waals surface area (Å²) in [6.45, 7) is 3.02. The van der Waals surface area contributed by atoms with Crippen LogP contribution in [0.3, 0.4) is 0 Å². The minimum Gasteiger partial charge on any atom is -0.367 e. The van der Waals surface area contributed by atoms with Gasteiger partial charge in [-0.1, -0.05) is 5.21 Å². The van der Waals surface area contributed by atoms with Crippen molar-refractivity contribution in [3.8, 4) is 0 Å². The molecular formula is C13H19N7. The molecule has 2 aromatic heterocycles. The third-order valence-corrected chi connectivity index (χ3v) is 3.56. The molecule has 0 radical (unpaired) electrons. The second-order valence-corrected chi connectivity index (χ2v) is 5.17. The number of piperidine rings is 1. The average molecular weight is 273 g/mol. The third-order valence-electron chi connectivity index (χ3n) is 3.56. The van der Waals surface area contributed by atoms with Gasteiger partial charge >= 0.3 is 0 Å². The molecule has 0 aliphatic carbocycles. The average Bonchev–Trinajstić information content (AvgIpc) is 2.88. The van der Waals surface area contributed by atoms with Crippen molar-refractivity contribution in [2.75, 3.05) is 18.4 Å². The summed E-state index contributed by atoms with van der Waals surface area (Å²) in [5, 5.41) is 11.6. The molecule has 1 saturated heterocycles. The standard InChI is InChI=1S/C13H19N7/c1-19-8-12(17-18-19)9-20-6-3-11(4-7-20)16-13-2-5-14-10-15-13/h2,5,8,10-11H,3-4,6-7,9H2,1H3,(H,14,15,16). The molecule has 0 spiro atoms. The first kappa shape index (κ1) is 13.0. The smallest absolute Gasteiger partial charge is 0.129 e. The van der Waals surface area contributed by atoms with E-state index in [1.54, 1.807) is 17.2 Å². The monoisotopic (exact) mass is 273 g/mol. The van der Waals surface area contributed by atoms with E-state index in [-0.39, 0.29) is 0 Å². The van der Waals surface area contributed by atoms with Gasteiger partial charge in [0.05, 0.1) is 5.69 Å². The minimum absolute atomic E-state index is 0.489. The first-order valence-electron chi connectivity index (χ1n) is 6.90. The van der Waals surface area contributed by atoms with Crippen LogP contribution in [0, 0.1) is 0 Å². The van der Waals surface area contributed by atoms with Gasteiger partial charge in [-0.2, -0.15) is 0 Å². The molecule has 3 heterocycles. The zero-order valence-corrected chi connectivity index (χ0v) is 11.6. The van der Waals surface area contributed by atoms with Crippen molar-refractivity contribution in [3.05, 3.63) is 30.5 Å². The number of rotatable bonds is 4. The number of nitrogens with one attached hydrogen (secondary N) is 1. The fourth-order valence-electron chi connectivity index (χ4n) is 2.52. The van der Waals surface area contributed by atoms with Gasteiger partial charge in [0.15, 0.2) is 0 Å². The van der Waals surface area contributed by atoms with Gasteiger partial charge in [0.1, 0.15) is 12.1 Å². The lowest BCUT2D eigenvalue weighted by Gasteiger charge is -2.31. The van der Waals surface area contributed by atoms with Gasteiger partial charge in [0, 0.05) is 45.1 Å². The van der Waals surface area contributed by atoms with Crippen LogP contribution in [-0.2, 0) is 13.6 Å². The van der Waals surface area contributed by atoms with Crippen LogP contribution in [0.4, 0.5) is 5.82 Å². The minimum atomic E-state index is 0.489. The molecule has 2 aromatic rings. The van der Waals surface area contributed by atoms with E-state index in [0.29, 0.717) is 6.04 Å². The summed E-state index contributed by atoms with van der Waals surface area (Å²) in [6, 6.07) is 2.40. The SMILES string of the molecule is Cn1cc(CN2CCC(Nc3ccncn3)CC2)nn1. The number of likely N-dealkylation sites (tertiary alicyclic amines) is 1. The Balaban J connectivity index is 1.47. The number of aromatic nitrogens is 5. The van der Waals surface area contributed by atoms with Gasteiger partial charge in [0.2, 0.25) is 0 Å². The van der Waals surface area contributed by atoms with E-state index in [1.807, 2.05) is 19.3 Å². The Bertz CT molecular complexity index is 531. The largest absolute Gasteiger partial charge is 0.367 e. The fourth-order valence-corrected chi connectivity index (χ4v) is 2.52. The van der Waals surface area contributed by atoms with Gasteiger partial charge in [-0.3, -0.25) is 9.58 Å². The van der Waals surface area contributed by atoms with Crippen LogP contribution in [0.5, 0.6) is 0 Å². The molecule has 3 rings (SSSR count). The third kappa shape index (κ3) is 3.30. The summed E-state index contributed by atoms with van der Waals surface area (Å²) in [5.74, 6) is 0.910. The lowest BCUT2D eigenvalue weighted by molar-refractivity contribution is 0.209. The van der Waals surface area contributed by atoms with Gasteiger partial charge in [-0.25, -0.2) is 9.97 Å². The van der Waals surface area contributed by atoms with Crippen LogP contribution >= 0.6 is 0 Å². The van der Waals surface area contributed by atoms with Crippen molar-refractivity contribution in [1.82, 2.24) is 29.9 Å². The summed E-state index contributed by atoms with van der Waals surface area (Å²) < 4.78 is 1.75. The highest BCUT2D eigenvalue weighted by molar-refractivity contribution is 5.33. The molecule has 7 heteroatoms. The van der Waals surface area contributed by atoms with E-state index in [1.165, 1.54) is 0 Å². The predicted molar refractivity (Wildman–Crippen MR) is 75.0 cm³/mol. The molecule has 106 valence electrons. The molecule has 1 aliphatic rings. The Morgan fingerprint density at radius 1 is 1.35 bits per heavy atom. The van der Waals surface area contributed by atoms with Crippen LogP contribution in [-0.4, -0.2) is 49.0 Å². The Hall–Kier alpha value is -2.02. The molecule has 0 saturated carbocycles. The van der Waals surface area contributed by atoms with Crippen molar-refractivity contribution in [1.29, 1.82) is 0 Å². The predicted octanol–water partition coefficient (Wildman–Crippen LogP) is 0.682. The van der Waals surface area contributed by atoms with E-state index < -0.39 is 0 Å². The van der Waals surface area contributed by atoms with E-state index >= 15 is 0 Å². The van der Waals surface area contributed by atoms with Crippen molar-refractivity contribution < 1.29 is 0 Å². The highest BCUT2D eigenvalue weighted by Gasteiger charge is 2.20. The van der Waals surface area contributed by atoms with Crippen molar-refractivity contribution in [2.45, 2.75) is 25.4 Å². The van der Waals surface area contributed by atoms with Crippen LogP contribution in [0.25, 0.3) is 0 Å². The zero-order chi connectivity index (χ0) is 13.8. The topological polar surface area (TPSA) is 71.8 Å². The molecule has 0 aromatic carbocycles. The number of hydrogen-bond donors (Lipinski definition) is 1.